The molecule has 2 aliphatic heterocycles. The molecule has 7 aliphatic rings. The van der Waals surface area contributed by atoms with E-state index in [0.29, 0.717) is 67.7 Å². The van der Waals surface area contributed by atoms with Crippen LogP contribution in [0.5, 0.6) is 5.75 Å². The molecule has 448 valence electrons. The van der Waals surface area contributed by atoms with Crippen LogP contribution in [0, 0.1) is 40.4 Å². The van der Waals surface area contributed by atoms with E-state index in [2.05, 4.69) is 48.7 Å². The molecule has 2 heterocycles. The molecule has 9 rings (SSSR count). The number of carbonyl (C=O) groups excluding carboxylic acids is 4. The number of urea groups is 1. The Kier molecular flexibility index (Phi) is 21.6. The minimum absolute atomic E-state index is 0. The van der Waals surface area contributed by atoms with Gasteiger partial charge in [0.15, 0.2) is 17.9 Å². The maximum absolute atomic E-state index is 14.6. The van der Waals surface area contributed by atoms with Gasteiger partial charge in [-0.15, -0.1) is 0 Å². The highest BCUT2D eigenvalue weighted by atomic mass is 35.5. The van der Waals surface area contributed by atoms with E-state index in [-0.39, 0.29) is 59.5 Å². The molecule has 2 aromatic rings. The molecule has 81 heavy (non-hydrogen) atoms. The number of carbonyl (C=O) groups is 4. The van der Waals surface area contributed by atoms with Gasteiger partial charge in [-0.3, -0.25) is 24.2 Å². The van der Waals surface area contributed by atoms with Gasteiger partial charge in [0, 0.05) is 42.6 Å². The maximum Gasteiger partial charge on any atom is 0.524 e. The van der Waals surface area contributed by atoms with E-state index < -0.39 is 74.3 Å². The molecule has 5 unspecified atom stereocenters. The number of ketones is 2. The number of hydrogen-bond donors (Lipinski definition) is 6. The monoisotopic (exact) mass is 1170 g/mol. The minimum Gasteiger partial charge on any atom is -1.00 e. The summed E-state index contributed by atoms with van der Waals surface area (Å²) in [6, 6.07) is 14.8. The van der Waals surface area contributed by atoms with E-state index in [0.717, 1.165) is 102 Å². The lowest BCUT2D eigenvalue weighted by Crippen LogP contribution is -3.00. The number of nitrogens with one attached hydrogen (secondary N) is 2. The summed E-state index contributed by atoms with van der Waals surface area (Å²) in [6.07, 6.45) is 16.7. The van der Waals surface area contributed by atoms with Crippen molar-refractivity contribution in [2.45, 2.75) is 147 Å². The molecule has 2 amide bonds. The molecule has 0 radical (unpaired) electrons. The van der Waals surface area contributed by atoms with Crippen molar-refractivity contribution in [2.24, 2.45) is 40.4 Å². The molecule has 18 nitrogen and oxygen atoms in total. The van der Waals surface area contributed by atoms with Crippen molar-refractivity contribution < 1.29 is 84.1 Å². The van der Waals surface area contributed by atoms with Crippen LogP contribution in [-0.2, 0) is 50.9 Å². The zero-order valence-corrected chi connectivity index (χ0v) is 49.3. The molecule has 0 bridgehead atoms. The number of likely N-dealkylation sites (N-methyl/N-ethyl adjacent to an activating group) is 1. The number of allylic oxidation sites excluding steroid dienone is 4. The van der Waals surface area contributed by atoms with Crippen molar-refractivity contribution in [1.29, 1.82) is 0 Å². The quantitative estimate of drug-likeness (QED) is 0.0352. The highest BCUT2D eigenvalue weighted by molar-refractivity contribution is 7.46. The Hall–Kier alpha value is -4.04. The number of piperazine rings is 1. The molecule has 11 atom stereocenters. The second-order valence-electron chi connectivity index (χ2n) is 24.8. The Morgan fingerprint density at radius 3 is 2.37 bits per heavy atom. The molecule has 6 fully saturated rings. The molecule has 4 saturated carbocycles. The van der Waals surface area contributed by atoms with Gasteiger partial charge in [-0.2, -0.15) is 0 Å². The molecule has 0 spiro atoms. The van der Waals surface area contributed by atoms with E-state index in [1.807, 2.05) is 19.2 Å². The van der Waals surface area contributed by atoms with Crippen molar-refractivity contribution in [3.63, 3.8) is 0 Å². The average molecular weight is 1170 g/mol. The number of nitrogens with zero attached hydrogens (tertiary/aromatic N) is 2. The Bertz CT molecular complexity index is 2590. The Morgan fingerprint density at radius 2 is 1.63 bits per heavy atom. The third kappa shape index (κ3) is 15.3. The lowest BCUT2D eigenvalue weighted by molar-refractivity contribution is -0.926. The molecule has 0 aromatic heterocycles. The summed E-state index contributed by atoms with van der Waals surface area (Å²) in [5, 5.41) is 29.3. The number of benzene rings is 2. The summed E-state index contributed by atoms with van der Waals surface area (Å²) in [5.41, 5.74) is 2.27. The molecule has 2 saturated heterocycles. The number of aryl methyl sites for hydroxylation is 1. The number of phosphoric acid groups is 1. The number of unbranched alkanes of at least 4 members (excludes halogenated alkanes) is 4. The second kappa shape index (κ2) is 27.8. The van der Waals surface area contributed by atoms with Crippen molar-refractivity contribution in [2.75, 3.05) is 72.7 Å². The molecule has 2 aromatic carbocycles. The number of esters is 1. The van der Waals surface area contributed by atoms with Gasteiger partial charge < -0.3 is 66.1 Å². The summed E-state index contributed by atoms with van der Waals surface area (Å²) in [4.78, 5) is 74.9. The van der Waals surface area contributed by atoms with Crippen LogP contribution in [0.4, 0.5) is 4.79 Å². The standard InChI is InChI=1S/C61H87N4O14P.ClH/c1-60-26-25-46(66)35-45(60)22-23-47-53(60)48(67)36-61(2)54(47)56-57(78-58(77-56)42-19-10-7-11-20-42)55(61)50(69)40-76-52(70)38-63-59(71)64-28-30-65(3,31-29-64)39-44-34-43(21-24-51(44)79-80(72,73)74)49(68)37-62-27-13-4-5-14-32-75-33-15-12-18-41-16-8-6-9-17-41;/h6,8-9,16-17,21,24-26,34-35,42,47-49,53-58,62,67-68H,4-5,7,10-15,18-20,22-23,27-33,36-40H2,1-3H3,(H2-,63,71,72,73,74);1H/t47?,48-,49?,53?,54?,55-,56?,57+,58+,60-,61-;/m0./s1. The second-order valence-corrected chi connectivity index (χ2v) is 26.0. The van der Waals surface area contributed by atoms with Crippen LogP contribution in [-0.4, -0.2) is 150 Å². The van der Waals surface area contributed by atoms with E-state index in [4.69, 9.17) is 23.5 Å². The smallest absolute Gasteiger partial charge is 0.524 e. The van der Waals surface area contributed by atoms with Gasteiger partial charge in [0.2, 0.25) is 0 Å². The summed E-state index contributed by atoms with van der Waals surface area (Å²) >= 11 is 0. The normalized spacial score (nSPS) is 30.0. The summed E-state index contributed by atoms with van der Waals surface area (Å²) in [7, 11) is -2.93. The third-order valence-electron chi connectivity index (χ3n) is 19.2. The highest BCUT2D eigenvalue weighted by Crippen LogP contribution is 2.68. The van der Waals surface area contributed by atoms with Crippen LogP contribution in [0.2, 0.25) is 0 Å². The molecule has 5 aliphatic carbocycles. The number of aliphatic hydroxyl groups is 2. The van der Waals surface area contributed by atoms with Gasteiger partial charge in [-0.05, 0) is 123 Å². The Balaban J connectivity index is 0.00000860. The number of ether oxygens (including phenoxy) is 4. The van der Waals surface area contributed by atoms with Crippen LogP contribution in [0.3, 0.4) is 0 Å². The van der Waals surface area contributed by atoms with Crippen molar-refractivity contribution in [3.05, 3.63) is 89.0 Å². The van der Waals surface area contributed by atoms with Crippen molar-refractivity contribution >= 4 is 31.4 Å². The minimum atomic E-state index is -4.91. The Morgan fingerprint density at radius 1 is 0.914 bits per heavy atom. The van der Waals surface area contributed by atoms with Gasteiger partial charge in [0.25, 0.3) is 0 Å². The third-order valence-corrected chi connectivity index (χ3v) is 19.6. The van der Waals surface area contributed by atoms with Crippen molar-refractivity contribution in [1.82, 2.24) is 15.5 Å². The largest absolute Gasteiger partial charge is 1.00 e. The van der Waals surface area contributed by atoms with Crippen LogP contribution < -0.4 is 27.6 Å². The van der Waals surface area contributed by atoms with Gasteiger partial charge in [-0.25, -0.2) is 9.36 Å². The highest BCUT2D eigenvalue weighted by Gasteiger charge is 2.71. The lowest BCUT2D eigenvalue weighted by Gasteiger charge is -2.59. The van der Waals surface area contributed by atoms with E-state index in [1.165, 1.54) is 18.1 Å². The molecular weight excluding hydrogens is 1080 g/mol. The first-order valence-corrected chi connectivity index (χ1v) is 31.2. The lowest BCUT2D eigenvalue weighted by atomic mass is 9.46. The van der Waals surface area contributed by atoms with Gasteiger partial charge in [0.1, 0.15) is 25.4 Å². The van der Waals surface area contributed by atoms with Crippen molar-refractivity contribution in [3.8, 4) is 5.75 Å². The maximum atomic E-state index is 14.6. The first-order chi connectivity index (χ1) is 38.3. The fourth-order valence-corrected chi connectivity index (χ4v) is 15.5. The molecule has 20 heteroatoms. The zero-order chi connectivity index (χ0) is 56.7. The van der Waals surface area contributed by atoms with Gasteiger partial charge in [-0.1, -0.05) is 94.0 Å². The first kappa shape index (κ1) is 63.0. The number of hydrogen-bond acceptors (Lipinski definition) is 13. The number of aliphatic hydroxyl groups excluding tert-OH is 2. The van der Waals surface area contributed by atoms with Crippen LogP contribution in [0.15, 0.2) is 72.3 Å². The SMILES string of the molecule is C[C@]12C=CC(=O)C=C1CCC1C2[C@@H](O)C[C@@]2(C)C1C1O[C@@H](C3CCCCC3)O[C@@H]1[C@@H]2C(=O)COC(=O)CNC(=O)N1CC[N+](C)(Cc2cc(C(O)CNCCCCCCOCCCCc3ccccc3)ccc2OP(=O)(O)O)CC1.[Cl-]. The predicted octanol–water partition coefficient (Wildman–Crippen LogP) is 4.27. The number of rotatable bonds is 25. The van der Waals surface area contributed by atoms with Gasteiger partial charge in [0.05, 0.1) is 63.6 Å². The summed E-state index contributed by atoms with van der Waals surface area (Å²) in [5.74, 6) is -1.84. The number of halogens is 1. The van der Waals surface area contributed by atoms with Gasteiger partial charge >= 0.3 is 19.8 Å². The Labute approximate surface area is 484 Å². The summed E-state index contributed by atoms with van der Waals surface area (Å²) in [6.45, 7) is 7.63. The van der Waals surface area contributed by atoms with Crippen LogP contribution in [0.1, 0.15) is 127 Å². The average Bonchev–Trinajstić information content (AvgIpc) is 3.96. The first-order valence-electron chi connectivity index (χ1n) is 29.7. The number of phosphoric ester groups is 1. The molecule has 6 N–H and O–H groups in total. The number of amides is 2. The number of quaternary nitrogens is 1. The van der Waals surface area contributed by atoms with E-state index >= 15 is 0 Å². The number of Topliss-reactive ketones (excluding diaryl/α,β-unsaturated/α-hetero) is 1. The van der Waals surface area contributed by atoms with Crippen LogP contribution in [0.25, 0.3) is 0 Å². The fourth-order valence-electron chi connectivity index (χ4n) is 15.1. The summed E-state index contributed by atoms with van der Waals surface area (Å²) < 4.78 is 42.7. The number of fused-ring (bicyclic) bond motifs is 7. The molecular formula is C61H88ClN4O14P. The van der Waals surface area contributed by atoms with E-state index in [9.17, 15) is 43.7 Å². The fraction of sp³-hybridized carbons (Fsp3) is 0.672. The topological polar surface area (TPSA) is 240 Å². The predicted molar refractivity (Wildman–Crippen MR) is 299 cm³/mol. The zero-order valence-electron chi connectivity index (χ0n) is 47.6. The van der Waals surface area contributed by atoms with Crippen LogP contribution >= 0.6 is 7.82 Å². The van der Waals surface area contributed by atoms with E-state index in [1.54, 1.807) is 29.2 Å².